The molecule has 0 fully saturated rings. The first-order chi connectivity index (χ1) is 11.1. The molecular weight excluding hydrogens is 290 g/mol. The predicted molar refractivity (Wildman–Crippen MR) is 89.7 cm³/mol. The topological polar surface area (TPSA) is 62.9 Å². The summed E-state index contributed by atoms with van der Waals surface area (Å²) in [7, 11) is 3.62. The van der Waals surface area contributed by atoms with Crippen molar-refractivity contribution >= 4 is 17.9 Å². The Morgan fingerprint density at radius 1 is 1.22 bits per heavy atom. The highest BCUT2D eigenvalue weighted by atomic mass is 16.1. The minimum atomic E-state index is -0.344. The standard InChI is InChI=1S/C17H17N5O/c1-12-15(17(23)19-11-21(2)3)16-18-10-9-14(22(16)20-12)13-7-5-4-6-8-13/h4-11H,1-3H3. The minimum absolute atomic E-state index is 0.344. The van der Waals surface area contributed by atoms with E-state index in [1.54, 1.807) is 22.5 Å². The molecule has 2 aromatic heterocycles. The van der Waals surface area contributed by atoms with E-state index in [1.807, 2.05) is 50.5 Å². The molecule has 1 aromatic carbocycles. The second-order valence-corrected chi connectivity index (χ2v) is 5.41. The van der Waals surface area contributed by atoms with E-state index in [9.17, 15) is 4.79 Å². The van der Waals surface area contributed by atoms with Crippen LogP contribution in [0.3, 0.4) is 0 Å². The van der Waals surface area contributed by atoms with Crippen LogP contribution >= 0.6 is 0 Å². The number of aliphatic imine (C=N–C) groups is 1. The second-order valence-electron chi connectivity index (χ2n) is 5.41. The highest BCUT2D eigenvalue weighted by Gasteiger charge is 2.19. The Hall–Kier alpha value is -3.02. The summed E-state index contributed by atoms with van der Waals surface area (Å²) >= 11 is 0. The number of nitrogens with zero attached hydrogens (tertiary/aromatic N) is 5. The van der Waals surface area contributed by atoms with Crippen molar-refractivity contribution in [2.75, 3.05) is 14.1 Å². The van der Waals surface area contributed by atoms with Gasteiger partial charge in [-0.1, -0.05) is 30.3 Å². The number of aryl methyl sites for hydroxylation is 1. The molecule has 0 aliphatic heterocycles. The van der Waals surface area contributed by atoms with Crippen molar-refractivity contribution in [2.24, 2.45) is 4.99 Å². The summed E-state index contributed by atoms with van der Waals surface area (Å²) in [6.07, 6.45) is 3.16. The molecule has 0 saturated heterocycles. The average Bonchev–Trinajstić information content (AvgIpc) is 2.89. The molecule has 2 heterocycles. The van der Waals surface area contributed by atoms with E-state index in [-0.39, 0.29) is 5.91 Å². The number of fused-ring (bicyclic) bond motifs is 1. The van der Waals surface area contributed by atoms with E-state index in [1.165, 1.54) is 6.34 Å². The summed E-state index contributed by atoms with van der Waals surface area (Å²) in [5, 5.41) is 4.48. The molecule has 0 spiro atoms. The van der Waals surface area contributed by atoms with Gasteiger partial charge in [-0.05, 0) is 13.0 Å². The number of aromatic nitrogens is 3. The lowest BCUT2D eigenvalue weighted by molar-refractivity contribution is 0.100. The Morgan fingerprint density at radius 3 is 2.65 bits per heavy atom. The highest BCUT2D eigenvalue weighted by Crippen LogP contribution is 2.22. The van der Waals surface area contributed by atoms with Crippen LogP contribution in [-0.4, -0.2) is 45.8 Å². The van der Waals surface area contributed by atoms with E-state index in [0.717, 1.165) is 11.3 Å². The molecule has 0 radical (unpaired) electrons. The van der Waals surface area contributed by atoms with Crippen molar-refractivity contribution in [2.45, 2.75) is 6.92 Å². The normalized spacial score (nSPS) is 11.3. The number of rotatable bonds is 3. The molecule has 0 N–H and O–H groups in total. The van der Waals surface area contributed by atoms with Crippen molar-refractivity contribution in [3.8, 4) is 11.3 Å². The van der Waals surface area contributed by atoms with Gasteiger partial charge in [0.15, 0.2) is 5.65 Å². The third kappa shape index (κ3) is 2.83. The zero-order chi connectivity index (χ0) is 16.4. The average molecular weight is 307 g/mol. The maximum absolute atomic E-state index is 12.4. The fraction of sp³-hybridized carbons (Fsp3) is 0.176. The largest absolute Gasteiger partial charge is 0.369 e. The van der Waals surface area contributed by atoms with Crippen LogP contribution in [0.1, 0.15) is 16.1 Å². The first kappa shape index (κ1) is 14.9. The molecule has 0 saturated carbocycles. The lowest BCUT2D eigenvalue weighted by atomic mass is 10.1. The summed E-state index contributed by atoms with van der Waals surface area (Å²) in [4.78, 5) is 22.4. The monoisotopic (exact) mass is 307 g/mol. The van der Waals surface area contributed by atoms with Crippen molar-refractivity contribution in [1.29, 1.82) is 0 Å². The van der Waals surface area contributed by atoms with Crippen molar-refractivity contribution < 1.29 is 4.79 Å². The second kappa shape index (κ2) is 6.00. The Bertz CT molecular complexity index is 881. The number of hydrogen-bond acceptors (Lipinski definition) is 3. The summed E-state index contributed by atoms with van der Waals surface area (Å²) in [5.41, 5.74) is 3.46. The van der Waals surface area contributed by atoms with Crippen LogP contribution < -0.4 is 0 Å². The Kier molecular flexibility index (Phi) is 3.89. The van der Waals surface area contributed by atoms with Crippen LogP contribution in [0, 0.1) is 6.92 Å². The Balaban J connectivity index is 2.16. The molecule has 0 bridgehead atoms. The van der Waals surface area contributed by atoms with Gasteiger partial charge in [0.25, 0.3) is 5.91 Å². The number of carbonyl (C=O) groups is 1. The number of benzene rings is 1. The van der Waals surface area contributed by atoms with Gasteiger partial charge < -0.3 is 4.90 Å². The smallest absolute Gasteiger partial charge is 0.284 e. The molecule has 116 valence electrons. The molecule has 6 nitrogen and oxygen atoms in total. The third-order valence-electron chi connectivity index (χ3n) is 3.38. The molecule has 3 aromatic rings. The van der Waals surface area contributed by atoms with E-state index in [4.69, 9.17) is 0 Å². The molecule has 3 rings (SSSR count). The molecule has 1 amide bonds. The quantitative estimate of drug-likeness (QED) is 0.551. The third-order valence-corrected chi connectivity index (χ3v) is 3.38. The zero-order valence-corrected chi connectivity index (χ0v) is 13.3. The van der Waals surface area contributed by atoms with Crippen LogP contribution in [0.4, 0.5) is 0 Å². The molecule has 0 aliphatic carbocycles. The van der Waals surface area contributed by atoms with Crippen molar-refractivity contribution in [3.63, 3.8) is 0 Å². The zero-order valence-electron chi connectivity index (χ0n) is 13.3. The molecule has 0 unspecified atom stereocenters. The van der Waals surface area contributed by atoms with Gasteiger partial charge in [0.1, 0.15) is 5.56 Å². The van der Waals surface area contributed by atoms with Crippen LogP contribution in [-0.2, 0) is 0 Å². The Morgan fingerprint density at radius 2 is 1.96 bits per heavy atom. The van der Waals surface area contributed by atoms with Crippen LogP contribution in [0.25, 0.3) is 16.9 Å². The van der Waals surface area contributed by atoms with Gasteiger partial charge >= 0.3 is 0 Å². The molecule has 23 heavy (non-hydrogen) atoms. The first-order valence-electron chi connectivity index (χ1n) is 7.22. The summed E-state index contributed by atoms with van der Waals surface area (Å²) in [6, 6.07) is 11.8. The molecular formula is C17H17N5O. The van der Waals surface area contributed by atoms with Gasteiger partial charge in [0, 0.05) is 25.9 Å². The van der Waals surface area contributed by atoms with E-state index < -0.39 is 0 Å². The van der Waals surface area contributed by atoms with Crippen LogP contribution in [0.5, 0.6) is 0 Å². The minimum Gasteiger partial charge on any atom is -0.369 e. The summed E-state index contributed by atoms with van der Waals surface area (Å²) in [5.74, 6) is -0.344. The number of carbonyl (C=O) groups excluding carboxylic acids is 1. The number of hydrogen-bond donors (Lipinski definition) is 0. The Labute approximate surface area is 134 Å². The summed E-state index contributed by atoms with van der Waals surface area (Å²) in [6.45, 7) is 1.79. The maximum Gasteiger partial charge on any atom is 0.284 e. The first-order valence-corrected chi connectivity index (χ1v) is 7.22. The van der Waals surface area contributed by atoms with Crippen LogP contribution in [0.2, 0.25) is 0 Å². The lowest BCUT2D eigenvalue weighted by Crippen LogP contribution is -2.10. The molecule has 0 atom stereocenters. The van der Waals surface area contributed by atoms with Crippen molar-refractivity contribution in [1.82, 2.24) is 19.5 Å². The maximum atomic E-state index is 12.4. The fourth-order valence-electron chi connectivity index (χ4n) is 2.36. The molecule has 6 heteroatoms. The van der Waals surface area contributed by atoms with E-state index in [2.05, 4.69) is 15.1 Å². The summed E-state index contributed by atoms with van der Waals surface area (Å²) < 4.78 is 1.70. The SMILES string of the molecule is Cc1nn2c(-c3ccccc3)ccnc2c1C(=O)N=CN(C)C. The number of amides is 1. The van der Waals surface area contributed by atoms with Crippen molar-refractivity contribution in [3.05, 3.63) is 53.9 Å². The van der Waals surface area contributed by atoms with E-state index >= 15 is 0 Å². The fourth-order valence-corrected chi connectivity index (χ4v) is 2.36. The van der Waals surface area contributed by atoms with Gasteiger partial charge in [-0.3, -0.25) is 4.79 Å². The van der Waals surface area contributed by atoms with Gasteiger partial charge in [-0.15, -0.1) is 0 Å². The highest BCUT2D eigenvalue weighted by molar-refractivity contribution is 6.04. The van der Waals surface area contributed by atoms with Gasteiger partial charge in [0.05, 0.1) is 17.7 Å². The van der Waals surface area contributed by atoms with Crippen LogP contribution in [0.15, 0.2) is 47.6 Å². The van der Waals surface area contributed by atoms with Gasteiger partial charge in [-0.2, -0.15) is 10.1 Å². The van der Waals surface area contributed by atoms with Gasteiger partial charge in [-0.25, -0.2) is 9.50 Å². The lowest BCUT2D eigenvalue weighted by Gasteiger charge is -2.04. The van der Waals surface area contributed by atoms with Gasteiger partial charge in [0.2, 0.25) is 0 Å². The predicted octanol–water partition coefficient (Wildman–Crippen LogP) is 2.43. The van der Waals surface area contributed by atoms with E-state index in [0.29, 0.717) is 16.9 Å². The molecule has 0 aliphatic rings.